The third kappa shape index (κ3) is 5.88. The molecule has 0 saturated carbocycles. The van der Waals surface area contributed by atoms with Crippen LogP contribution >= 0.6 is 26.5 Å². The molecule has 0 aliphatic heterocycles. The number of nitrogens with one attached hydrogen (secondary N) is 2. The number of amides is 1. The van der Waals surface area contributed by atoms with Gasteiger partial charge in [0.15, 0.2) is 5.82 Å². The van der Waals surface area contributed by atoms with Crippen LogP contribution in [0.1, 0.15) is 18.4 Å². The van der Waals surface area contributed by atoms with Gasteiger partial charge < -0.3 is 30.2 Å². The third-order valence-corrected chi connectivity index (χ3v) is 9.45. The van der Waals surface area contributed by atoms with Crippen LogP contribution in [0.25, 0.3) is 21.6 Å². The van der Waals surface area contributed by atoms with Crippen LogP contribution in [0.4, 0.5) is 11.5 Å². The molecule has 2 heterocycles. The number of carbonyl (C=O) groups is 1. The predicted molar refractivity (Wildman–Crippen MR) is 138 cm³/mol. The van der Waals surface area contributed by atoms with Gasteiger partial charge in [0.1, 0.15) is 10.6 Å². The van der Waals surface area contributed by atoms with E-state index in [0.29, 0.717) is 21.5 Å². The van der Waals surface area contributed by atoms with Crippen molar-refractivity contribution in [1.82, 2.24) is 9.97 Å². The molecule has 1 atom stereocenters. The van der Waals surface area contributed by atoms with Crippen molar-refractivity contribution >= 4 is 54.2 Å². The molecule has 2 aromatic carbocycles. The van der Waals surface area contributed by atoms with Gasteiger partial charge in [0, 0.05) is 11.3 Å². The molecule has 1 amide bonds. The van der Waals surface area contributed by atoms with E-state index in [0.717, 1.165) is 5.56 Å². The summed E-state index contributed by atoms with van der Waals surface area (Å²) < 4.78 is 23.6. The first-order valence-electron chi connectivity index (χ1n) is 10.5. The summed E-state index contributed by atoms with van der Waals surface area (Å²) in [5.74, 6) is -0.627. The van der Waals surface area contributed by atoms with Crippen LogP contribution in [0.5, 0.6) is 0 Å². The standard InChI is InChI=1S/C22H22N4O7P2S/c1-13(14-6-3-2-4-7-14)20(27)23-16-9-5-8-15(12-16)18-24-19(17-10-11-36-21(17)25-18)26-22(34(28,29)30)35(31,32)33/h2-13,22H,1H3,(H,23,27)(H,24,25,26)(H2,28,29,30)(H2,31,32,33)/t13-/m1/s1. The number of benzene rings is 2. The molecule has 188 valence electrons. The zero-order chi connectivity index (χ0) is 26.1. The SMILES string of the molecule is C[C@@H](C(=O)Nc1cccc(-c2nc(NC(P(=O)(O)O)P(=O)(O)O)c3ccsc3n2)c1)c1ccccc1. The van der Waals surface area contributed by atoms with Crippen LogP contribution in [0, 0.1) is 0 Å². The molecule has 14 heteroatoms. The number of rotatable bonds is 8. The fourth-order valence-electron chi connectivity index (χ4n) is 3.46. The number of aromatic nitrogens is 2. The van der Waals surface area contributed by atoms with Crippen LogP contribution in [0.2, 0.25) is 0 Å². The maximum Gasteiger partial charge on any atom is 0.360 e. The molecule has 0 fully saturated rings. The fourth-order valence-corrected chi connectivity index (χ4v) is 6.37. The first kappa shape index (κ1) is 26.1. The van der Waals surface area contributed by atoms with Gasteiger partial charge in [0.25, 0.3) is 0 Å². The highest BCUT2D eigenvalue weighted by Gasteiger charge is 2.44. The van der Waals surface area contributed by atoms with Crippen LogP contribution in [0.15, 0.2) is 66.0 Å². The van der Waals surface area contributed by atoms with Crippen molar-refractivity contribution in [2.45, 2.75) is 18.4 Å². The molecule has 11 nitrogen and oxygen atoms in total. The van der Waals surface area contributed by atoms with Gasteiger partial charge in [-0.05, 0) is 36.1 Å². The Morgan fingerprint density at radius 2 is 1.64 bits per heavy atom. The molecule has 36 heavy (non-hydrogen) atoms. The van der Waals surface area contributed by atoms with Gasteiger partial charge in [-0.1, -0.05) is 42.5 Å². The highest BCUT2D eigenvalue weighted by atomic mass is 32.1. The fraction of sp³-hybridized carbons (Fsp3) is 0.136. The van der Waals surface area contributed by atoms with Crippen molar-refractivity contribution in [3.8, 4) is 11.4 Å². The average molecular weight is 548 g/mol. The zero-order valence-corrected chi connectivity index (χ0v) is 21.3. The number of nitrogens with zero attached hydrogens (tertiary/aromatic N) is 2. The van der Waals surface area contributed by atoms with E-state index in [2.05, 4.69) is 20.6 Å². The number of fused-ring (bicyclic) bond motifs is 1. The molecule has 4 aromatic rings. The molecule has 0 aliphatic carbocycles. The molecular weight excluding hydrogens is 526 g/mol. The summed E-state index contributed by atoms with van der Waals surface area (Å²) in [6, 6.07) is 17.6. The lowest BCUT2D eigenvalue weighted by Gasteiger charge is -2.21. The third-order valence-electron chi connectivity index (χ3n) is 5.31. The van der Waals surface area contributed by atoms with E-state index >= 15 is 0 Å². The minimum atomic E-state index is -5.25. The highest BCUT2D eigenvalue weighted by Crippen LogP contribution is 2.59. The molecule has 4 rings (SSSR count). The smallest absolute Gasteiger partial charge is 0.346 e. The summed E-state index contributed by atoms with van der Waals surface area (Å²) in [5, 5.41) is 7.10. The Morgan fingerprint density at radius 1 is 0.944 bits per heavy atom. The zero-order valence-electron chi connectivity index (χ0n) is 18.7. The second kappa shape index (κ2) is 10.2. The Kier molecular flexibility index (Phi) is 7.40. The normalized spacial score (nSPS) is 13.1. The highest BCUT2D eigenvalue weighted by molar-refractivity contribution is 7.71. The monoisotopic (exact) mass is 548 g/mol. The molecule has 0 unspecified atom stereocenters. The first-order chi connectivity index (χ1) is 16.9. The maximum absolute atomic E-state index is 12.8. The molecule has 0 spiro atoms. The van der Waals surface area contributed by atoms with Crippen LogP contribution in [-0.4, -0.2) is 41.0 Å². The summed E-state index contributed by atoms with van der Waals surface area (Å²) in [4.78, 5) is 60.0. The van der Waals surface area contributed by atoms with Gasteiger partial charge in [-0.25, -0.2) is 9.97 Å². The molecule has 0 bridgehead atoms. The minimum Gasteiger partial charge on any atom is -0.346 e. The maximum atomic E-state index is 12.8. The Labute approximate surface area is 209 Å². The van der Waals surface area contributed by atoms with Gasteiger partial charge >= 0.3 is 15.2 Å². The van der Waals surface area contributed by atoms with E-state index in [1.54, 1.807) is 42.6 Å². The van der Waals surface area contributed by atoms with E-state index in [9.17, 15) is 33.5 Å². The van der Waals surface area contributed by atoms with E-state index in [1.807, 2.05) is 30.3 Å². The van der Waals surface area contributed by atoms with Gasteiger partial charge in [-0.3, -0.25) is 13.9 Å². The van der Waals surface area contributed by atoms with Crippen molar-refractivity contribution in [2.24, 2.45) is 0 Å². The second-order valence-electron chi connectivity index (χ2n) is 7.93. The quantitative estimate of drug-likeness (QED) is 0.175. The number of hydrogen-bond acceptors (Lipinski definition) is 7. The molecule has 6 N–H and O–H groups in total. The number of thiophene rings is 1. The summed E-state index contributed by atoms with van der Waals surface area (Å²) in [5.41, 5.74) is -0.658. The Morgan fingerprint density at radius 3 is 2.31 bits per heavy atom. The van der Waals surface area contributed by atoms with E-state index in [-0.39, 0.29) is 17.5 Å². The molecule has 2 aromatic heterocycles. The Hall–Kier alpha value is -2.95. The lowest BCUT2D eigenvalue weighted by Crippen LogP contribution is -2.21. The lowest BCUT2D eigenvalue weighted by atomic mass is 10.0. The topological polar surface area (TPSA) is 182 Å². The number of carbonyl (C=O) groups excluding carboxylic acids is 1. The Balaban J connectivity index is 1.66. The number of hydrogen-bond donors (Lipinski definition) is 6. The van der Waals surface area contributed by atoms with Crippen molar-refractivity contribution in [3.63, 3.8) is 0 Å². The van der Waals surface area contributed by atoms with Crippen molar-refractivity contribution < 1.29 is 33.5 Å². The predicted octanol–water partition coefficient (Wildman–Crippen LogP) is 4.15. The summed E-state index contributed by atoms with van der Waals surface area (Å²) in [7, 11) is -10.5. The summed E-state index contributed by atoms with van der Waals surface area (Å²) in [6.07, 6.45) is 0. The molecule has 0 saturated heterocycles. The van der Waals surface area contributed by atoms with Gasteiger partial charge in [-0.2, -0.15) is 0 Å². The number of anilines is 2. The van der Waals surface area contributed by atoms with E-state index in [1.165, 1.54) is 11.3 Å². The van der Waals surface area contributed by atoms with Crippen LogP contribution < -0.4 is 10.6 Å². The molecule has 0 aliphatic rings. The second-order valence-corrected chi connectivity index (χ2v) is 12.6. The first-order valence-corrected chi connectivity index (χ1v) is 14.8. The lowest BCUT2D eigenvalue weighted by molar-refractivity contribution is -0.117. The summed E-state index contributed by atoms with van der Waals surface area (Å²) >= 11 is 1.22. The van der Waals surface area contributed by atoms with E-state index in [4.69, 9.17) is 0 Å². The van der Waals surface area contributed by atoms with Gasteiger partial charge in [0.05, 0.1) is 11.3 Å². The van der Waals surface area contributed by atoms with Crippen molar-refractivity contribution in [2.75, 3.05) is 10.6 Å². The summed E-state index contributed by atoms with van der Waals surface area (Å²) in [6.45, 7) is 1.79. The van der Waals surface area contributed by atoms with Crippen molar-refractivity contribution in [3.05, 3.63) is 71.6 Å². The van der Waals surface area contributed by atoms with Crippen molar-refractivity contribution in [1.29, 1.82) is 0 Å². The van der Waals surface area contributed by atoms with Crippen LogP contribution in [-0.2, 0) is 13.9 Å². The minimum absolute atomic E-state index is 0.134. The van der Waals surface area contributed by atoms with Gasteiger partial charge in [-0.15, -0.1) is 11.3 Å². The Bertz CT molecular complexity index is 1480. The van der Waals surface area contributed by atoms with Crippen LogP contribution in [0.3, 0.4) is 0 Å². The molecular formula is C22H22N4O7P2S. The largest absolute Gasteiger partial charge is 0.360 e. The molecule has 0 radical (unpaired) electrons. The van der Waals surface area contributed by atoms with E-state index < -0.39 is 26.6 Å². The average Bonchev–Trinajstić information content (AvgIpc) is 3.30. The van der Waals surface area contributed by atoms with Gasteiger partial charge in [0.2, 0.25) is 11.4 Å².